The molecule has 26 heavy (non-hydrogen) atoms. The summed E-state index contributed by atoms with van der Waals surface area (Å²) in [7, 11) is 1.43. The molecule has 3 aromatic rings. The Morgan fingerprint density at radius 2 is 2.08 bits per heavy atom. The number of pyridine rings is 1. The van der Waals surface area contributed by atoms with Crippen LogP contribution in [0.1, 0.15) is 21.7 Å². The molecular formula is C17H15BrN4O4. The second-order valence-electron chi connectivity index (χ2n) is 5.68. The number of hydrogen-bond acceptors (Lipinski definition) is 5. The lowest BCUT2D eigenvalue weighted by Crippen LogP contribution is -2.16. The zero-order chi connectivity index (χ0) is 19.0. The number of nitrogens with zero attached hydrogens (tertiary/aromatic N) is 3. The summed E-state index contributed by atoms with van der Waals surface area (Å²) in [6, 6.07) is 5.92. The fourth-order valence-corrected chi connectivity index (χ4v) is 3.29. The first-order valence-corrected chi connectivity index (χ1v) is 8.39. The number of carbonyl (C=O) groups is 1. The molecule has 2 aromatic heterocycles. The summed E-state index contributed by atoms with van der Waals surface area (Å²) in [4.78, 5) is 27.8. The molecule has 1 amide bonds. The lowest BCUT2D eigenvalue weighted by atomic mass is 10.2. The predicted molar refractivity (Wildman–Crippen MR) is 100.0 cm³/mol. The molecule has 0 aliphatic carbocycles. The number of aryl methyl sites for hydroxylation is 2. The molecule has 1 N–H and O–H groups in total. The van der Waals surface area contributed by atoms with Gasteiger partial charge in [-0.1, -0.05) is 0 Å². The molecule has 2 heterocycles. The zero-order valence-electron chi connectivity index (χ0n) is 14.2. The number of non-ortho nitro benzene ring substituents is 1. The maximum Gasteiger partial charge on any atom is 0.274 e. The maximum absolute atomic E-state index is 12.9. The van der Waals surface area contributed by atoms with Crippen molar-refractivity contribution in [1.82, 2.24) is 9.38 Å². The van der Waals surface area contributed by atoms with Crippen LogP contribution in [-0.2, 0) is 0 Å². The number of nitro groups is 1. The van der Waals surface area contributed by atoms with E-state index in [0.29, 0.717) is 22.8 Å². The summed E-state index contributed by atoms with van der Waals surface area (Å²) in [5.74, 6) is -0.112. The van der Waals surface area contributed by atoms with Crippen LogP contribution in [-0.4, -0.2) is 27.3 Å². The standard InChI is InChI=1S/C17H15BrN4O4/c1-9-6-11(18)8-21-15(10(2)19-16(9)21)17(23)20-13-7-12(22(24)25)4-5-14(13)26-3/h4-8H,1-3H3,(H,20,23). The third-order valence-electron chi connectivity index (χ3n) is 3.90. The summed E-state index contributed by atoms with van der Waals surface area (Å²) in [6.45, 7) is 3.64. The number of imidazole rings is 1. The van der Waals surface area contributed by atoms with Crippen molar-refractivity contribution in [2.45, 2.75) is 13.8 Å². The van der Waals surface area contributed by atoms with Gasteiger partial charge in [-0.2, -0.15) is 0 Å². The van der Waals surface area contributed by atoms with Gasteiger partial charge in [0.1, 0.15) is 17.1 Å². The van der Waals surface area contributed by atoms with Crippen molar-refractivity contribution in [3.8, 4) is 5.75 Å². The van der Waals surface area contributed by atoms with Gasteiger partial charge in [-0.05, 0) is 47.5 Å². The lowest BCUT2D eigenvalue weighted by molar-refractivity contribution is -0.384. The van der Waals surface area contributed by atoms with Gasteiger partial charge in [0, 0.05) is 22.8 Å². The summed E-state index contributed by atoms with van der Waals surface area (Å²) in [5.41, 5.74) is 2.55. The van der Waals surface area contributed by atoms with Crippen molar-refractivity contribution in [2.75, 3.05) is 12.4 Å². The Morgan fingerprint density at radius 1 is 1.35 bits per heavy atom. The molecule has 1 aromatic carbocycles. The Labute approximate surface area is 157 Å². The minimum Gasteiger partial charge on any atom is -0.495 e. The van der Waals surface area contributed by atoms with Gasteiger partial charge in [-0.15, -0.1) is 0 Å². The third kappa shape index (κ3) is 3.13. The highest BCUT2D eigenvalue weighted by Crippen LogP contribution is 2.30. The topological polar surface area (TPSA) is 98.8 Å². The van der Waals surface area contributed by atoms with E-state index in [-0.39, 0.29) is 11.4 Å². The molecule has 8 nitrogen and oxygen atoms in total. The normalized spacial score (nSPS) is 10.8. The molecule has 0 saturated carbocycles. The number of nitrogens with one attached hydrogen (secondary N) is 1. The van der Waals surface area contributed by atoms with Crippen LogP contribution in [0, 0.1) is 24.0 Å². The monoisotopic (exact) mass is 418 g/mol. The first kappa shape index (κ1) is 17.9. The zero-order valence-corrected chi connectivity index (χ0v) is 15.8. The Kier molecular flexibility index (Phi) is 4.64. The summed E-state index contributed by atoms with van der Waals surface area (Å²) in [5, 5.41) is 13.7. The van der Waals surface area contributed by atoms with Gasteiger partial charge in [-0.25, -0.2) is 4.98 Å². The van der Waals surface area contributed by atoms with E-state index in [9.17, 15) is 14.9 Å². The van der Waals surface area contributed by atoms with E-state index in [4.69, 9.17) is 4.74 Å². The maximum atomic E-state index is 12.9. The van der Waals surface area contributed by atoms with E-state index in [2.05, 4.69) is 26.2 Å². The Morgan fingerprint density at radius 3 is 2.73 bits per heavy atom. The number of fused-ring (bicyclic) bond motifs is 1. The number of nitro benzene ring substituents is 1. The fraction of sp³-hybridized carbons (Fsp3) is 0.176. The summed E-state index contributed by atoms with van der Waals surface area (Å²) < 4.78 is 7.68. The van der Waals surface area contributed by atoms with Gasteiger partial charge in [0.05, 0.1) is 23.4 Å². The number of aromatic nitrogens is 2. The average molecular weight is 419 g/mol. The number of carbonyl (C=O) groups excluding carboxylic acids is 1. The van der Waals surface area contributed by atoms with E-state index in [1.807, 2.05) is 13.0 Å². The predicted octanol–water partition coefficient (Wildman–Crippen LogP) is 3.88. The number of ether oxygens (including phenoxy) is 1. The van der Waals surface area contributed by atoms with E-state index in [0.717, 1.165) is 10.0 Å². The van der Waals surface area contributed by atoms with Crippen LogP contribution in [0.2, 0.25) is 0 Å². The van der Waals surface area contributed by atoms with Gasteiger partial charge in [0.2, 0.25) is 0 Å². The third-order valence-corrected chi connectivity index (χ3v) is 4.34. The summed E-state index contributed by atoms with van der Waals surface area (Å²) >= 11 is 3.42. The molecule has 0 aliphatic heterocycles. The molecule has 0 unspecified atom stereocenters. The van der Waals surface area contributed by atoms with Gasteiger partial charge < -0.3 is 10.1 Å². The average Bonchev–Trinajstić information content (AvgIpc) is 2.91. The molecule has 0 saturated heterocycles. The Bertz CT molecular complexity index is 1040. The molecular weight excluding hydrogens is 404 g/mol. The van der Waals surface area contributed by atoms with Crippen molar-refractivity contribution in [2.24, 2.45) is 0 Å². The SMILES string of the molecule is COc1ccc([N+](=O)[O-])cc1NC(=O)c1c(C)nc2c(C)cc(Br)cn12. The van der Waals surface area contributed by atoms with Crippen LogP contribution >= 0.6 is 15.9 Å². The molecule has 0 radical (unpaired) electrons. The minimum absolute atomic E-state index is 0.144. The van der Waals surface area contributed by atoms with E-state index < -0.39 is 10.8 Å². The van der Waals surface area contributed by atoms with Gasteiger partial charge in [-0.3, -0.25) is 19.3 Å². The molecule has 0 bridgehead atoms. The molecule has 134 valence electrons. The molecule has 0 aliphatic rings. The molecule has 0 fully saturated rings. The van der Waals surface area contributed by atoms with Gasteiger partial charge >= 0.3 is 0 Å². The number of hydrogen-bond donors (Lipinski definition) is 1. The van der Waals surface area contributed by atoms with E-state index in [1.165, 1.54) is 25.3 Å². The van der Waals surface area contributed by atoms with Crippen LogP contribution in [0.15, 0.2) is 34.9 Å². The van der Waals surface area contributed by atoms with Gasteiger partial charge in [0.25, 0.3) is 11.6 Å². The van der Waals surface area contributed by atoms with E-state index >= 15 is 0 Å². The van der Waals surface area contributed by atoms with Crippen molar-refractivity contribution in [3.63, 3.8) is 0 Å². The van der Waals surface area contributed by atoms with Crippen molar-refractivity contribution < 1.29 is 14.5 Å². The molecule has 3 rings (SSSR count). The minimum atomic E-state index is -0.533. The highest BCUT2D eigenvalue weighted by molar-refractivity contribution is 9.10. The van der Waals surface area contributed by atoms with Crippen LogP contribution in [0.5, 0.6) is 5.75 Å². The van der Waals surface area contributed by atoms with Crippen LogP contribution in [0.3, 0.4) is 0 Å². The van der Waals surface area contributed by atoms with Gasteiger partial charge in [0.15, 0.2) is 0 Å². The number of methoxy groups -OCH3 is 1. The van der Waals surface area contributed by atoms with Crippen molar-refractivity contribution in [1.29, 1.82) is 0 Å². The molecule has 9 heteroatoms. The molecule has 0 atom stereocenters. The van der Waals surface area contributed by atoms with E-state index in [1.54, 1.807) is 17.5 Å². The number of rotatable bonds is 4. The number of benzene rings is 1. The Balaban J connectivity index is 2.07. The second-order valence-corrected chi connectivity index (χ2v) is 6.59. The largest absolute Gasteiger partial charge is 0.495 e. The first-order valence-electron chi connectivity index (χ1n) is 7.60. The quantitative estimate of drug-likeness (QED) is 0.511. The summed E-state index contributed by atoms with van der Waals surface area (Å²) in [6.07, 6.45) is 1.75. The van der Waals surface area contributed by atoms with Crippen LogP contribution < -0.4 is 10.1 Å². The second kappa shape index (κ2) is 6.75. The van der Waals surface area contributed by atoms with Crippen LogP contribution in [0.25, 0.3) is 5.65 Å². The first-order chi connectivity index (χ1) is 12.3. The highest BCUT2D eigenvalue weighted by atomic mass is 79.9. The Hall–Kier alpha value is -2.94. The van der Waals surface area contributed by atoms with Crippen LogP contribution in [0.4, 0.5) is 11.4 Å². The highest BCUT2D eigenvalue weighted by Gasteiger charge is 2.20. The number of amides is 1. The fourth-order valence-electron chi connectivity index (χ4n) is 2.74. The lowest BCUT2D eigenvalue weighted by Gasteiger charge is -2.10. The van der Waals surface area contributed by atoms with Crippen molar-refractivity contribution >= 4 is 38.9 Å². The number of anilines is 1. The number of halogens is 1. The van der Waals surface area contributed by atoms with Crippen molar-refractivity contribution in [3.05, 3.63) is 62.0 Å². The smallest absolute Gasteiger partial charge is 0.274 e. The molecule has 0 spiro atoms.